The second-order valence-corrected chi connectivity index (χ2v) is 8.92. The summed E-state index contributed by atoms with van der Waals surface area (Å²) >= 11 is 1.36. The van der Waals surface area contributed by atoms with Gasteiger partial charge in [-0.2, -0.15) is 4.52 Å². The molecule has 1 unspecified atom stereocenters. The molecule has 0 aliphatic carbocycles. The van der Waals surface area contributed by atoms with Crippen molar-refractivity contribution in [3.63, 3.8) is 0 Å². The van der Waals surface area contributed by atoms with E-state index in [9.17, 15) is 4.79 Å². The molecule has 5 nitrogen and oxygen atoms in total. The van der Waals surface area contributed by atoms with Gasteiger partial charge in [0.25, 0.3) is 5.56 Å². The molecule has 2 heterocycles. The Kier molecular flexibility index (Phi) is 5.68. The van der Waals surface area contributed by atoms with Crippen molar-refractivity contribution in [2.45, 2.75) is 33.1 Å². The van der Waals surface area contributed by atoms with Crippen LogP contribution in [-0.4, -0.2) is 21.7 Å². The zero-order valence-electron chi connectivity index (χ0n) is 17.6. The summed E-state index contributed by atoms with van der Waals surface area (Å²) < 4.78 is 7.21. The highest BCUT2D eigenvalue weighted by Gasteiger charge is 2.17. The molecule has 0 fully saturated rings. The Morgan fingerprint density at radius 2 is 1.77 bits per heavy atom. The van der Waals surface area contributed by atoms with Gasteiger partial charge in [-0.25, -0.2) is 4.98 Å². The van der Waals surface area contributed by atoms with E-state index in [1.807, 2.05) is 30.3 Å². The molecule has 0 aliphatic rings. The Bertz CT molecular complexity index is 1260. The van der Waals surface area contributed by atoms with E-state index in [4.69, 9.17) is 4.74 Å². The van der Waals surface area contributed by atoms with Gasteiger partial charge in [-0.05, 0) is 47.2 Å². The van der Waals surface area contributed by atoms with Gasteiger partial charge in [0, 0.05) is 5.92 Å². The summed E-state index contributed by atoms with van der Waals surface area (Å²) in [5, 5.41) is 4.51. The van der Waals surface area contributed by atoms with Crippen LogP contribution < -0.4 is 14.8 Å². The minimum absolute atomic E-state index is 0.0265. The van der Waals surface area contributed by atoms with Crippen molar-refractivity contribution < 1.29 is 4.74 Å². The van der Waals surface area contributed by atoms with Gasteiger partial charge in [0.05, 0.1) is 11.6 Å². The minimum atomic E-state index is -0.135. The van der Waals surface area contributed by atoms with E-state index in [0.29, 0.717) is 21.2 Å². The number of fused-ring (bicyclic) bond motifs is 1. The monoisotopic (exact) mass is 419 g/mol. The average molecular weight is 420 g/mol. The van der Waals surface area contributed by atoms with Gasteiger partial charge >= 0.3 is 0 Å². The van der Waals surface area contributed by atoms with E-state index >= 15 is 0 Å². The molecule has 4 aromatic rings. The molecule has 0 amide bonds. The van der Waals surface area contributed by atoms with Crippen molar-refractivity contribution in [2.75, 3.05) is 7.11 Å². The Balaban J connectivity index is 1.61. The van der Waals surface area contributed by atoms with Crippen LogP contribution in [0.4, 0.5) is 0 Å². The fourth-order valence-electron chi connectivity index (χ4n) is 3.45. The third-order valence-corrected chi connectivity index (χ3v) is 6.08. The Morgan fingerprint density at radius 3 is 2.37 bits per heavy atom. The first-order valence-corrected chi connectivity index (χ1v) is 10.9. The molecule has 2 aromatic heterocycles. The van der Waals surface area contributed by atoms with E-state index < -0.39 is 0 Å². The maximum absolute atomic E-state index is 12.8. The van der Waals surface area contributed by atoms with Gasteiger partial charge in [-0.1, -0.05) is 68.5 Å². The van der Waals surface area contributed by atoms with Crippen LogP contribution in [0.2, 0.25) is 0 Å². The first-order valence-electron chi connectivity index (χ1n) is 10.1. The summed E-state index contributed by atoms with van der Waals surface area (Å²) in [5.74, 6) is 2.12. The van der Waals surface area contributed by atoms with Crippen LogP contribution in [0.3, 0.4) is 0 Å². The smallest absolute Gasteiger partial charge is 0.291 e. The molecular formula is C24H25N3O2S. The number of rotatable bonds is 6. The molecule has 1 atom stereocenters. The fraction of sp³-hybridized carbons (Fsp3) is 0.292. The minimum Gasteiger partial charge on any atom is -0.497 e. The summed E-state index contributed by atoms with van der Waals surface area (Å²) in [5.41, 5.74) is 3.29. The Morgan fingerprint density at radius 1 is 1.07 bits per heavy atom. The molecule has 0 spiro atoms. The highest BCUT2D eigenvalue weighted by atomic mass is 32.1. The summed E-state index contributed by atoms with van der Waals surface area (Å²) in [7, 11) is 1.63. The molecule has 0 aliphatic heterocycles. The highest BCUT2D eigenvalue weighted by molar-refractivity contribution is 7.15. The average Bonchev–Trinajstić information content (AvgIpc) is 3.28. The lowest BCUT2D eigenvalue weighted by Gasteiger charge is -2.10. The van der Waals surface area contributed by atoms with Crippen molar-refractivity contribution in [3.05, 3.63) is 85.9 Å². The zero-order chi connectivity index (χ0) is 21.3. The van der Waals surface area contributed by atoms with Crippen LogP contribution >= 0.6 is 11.3 Å². The molecule has 6 heteroatoms. The normalized spacial score (nSPS) is 13.3. The lowest BCUT2D eigenvalue weighted by atomic mass is 9.96. The van der Waals surface area contributed by atoms with Gasteiger partial charge in [0.2, 0.25) is 4.96 Å². The van der Waals surface area contributed by atoms with Crippen LogP contribution in [0.25, 0.3) is 11.0 Å². The number of benzene rings is 2. The lowest BCUT2D eigenvalue weighted by molar-refractivity contribution is 0.415. The third kappa shape index (κ3) is 4.14. The number of hydrogen-bond acceptors (Lipinski definition) is 5. The lowest BCUT2D eigenvalue weighted by Crippen LogP contribution is -2.24. The largest absolute Gasteiger partial charge is 0.497 e. The molecular weight excluding hydrogens is 394 g/mol. The van der Waals surface area contributed by atoms with Crippen molar-refractivity contribution >= 4 is 22.4 Å². The van der Waals surface area contributed by atoms with Crippen LogP contribution in [0.5, 0.6) is 5.75 Å². The molecule has 4 rings (SSSR count). The van der Waals surface area contributed by atoms with Gasteiger partial charge in [0.1, 0.15) is 5.75 Å². The third-order valence-electron chi connectivity index (χ3n) is 5.12. The quantitative estimate of drug-likeness (QED) is 0.473. The maximum atomic E-state index is 12.8. The molecule has 0 saturated heterocycles. The van der Waals surface area contributed by atoms with Gasteiger partial charge < -0.3 is 4.74 Å². The number of methoxy groups -OCH3 is 1. The van der Waals surface area contributed by atoms with Crippen molar-refractivity contribution in [3.8, 4) is 5.75 Å². The molecule has 2 aromatic carbocycles. The Hall–Kier alpha value is -2.99. The number of aromatic nitrogens is 3. The van der Waals surface area contributed by atoms with Crippen LogP contribution in [0.15, 0.2) is 53.3 Å². The predicted octanol–water partition coefficient (Wildman–Crippen LogP) is 4.06. The second kappa shape index (κ2) is 8.40. The molecule has 154 valence electrons. The summed E-state index contributed by atoms with van der Waals surface area (Å²) in [4.78, 5) is 18.1. The van der Waals surface area contributed by atoms with E-state index in [1.54, 1.807) is 7.11 Å². The van der Waals surface area contributed by atoms with Crippen LogP contribution in [0, 0.1) is 5.92 Å². The van der Waals surface area contributed by atoms with Crippen LogP contribution in [-0.2, 0) is 6.42 Å². The number of ether oxygens (including phenoxy) is 1. The molecule has 0 bridgehead atoms. The van der Waals surface area contributed by atoms with Crippen molar-refractivity contribution in [1.29, 1.82) is 0 Å². The number of nitrogens with zero attached hydrogens (tertiary/aromatic N) is 3. The standard InChI is InChI=1S/C24H25N3O2S/c1-15(2)13-17-5-9-19(10-6-17)16(3)22-25-24-27(26-22)23(28)21(30-24)14-18-7-11-20(29-4)12-8-18/h5-12,14-16H,13H2,1-4H3/b21-14-. The van der Waals surface area contributed by atoms with E-state index in [0.717, 1.165) is 23.3 Å². The SMILES string of the molecule is COc1ccc(/C=c2\sc3nc(C(C)c4ccc(CC(C)C)cc4)nn3c2=O)cc1. The Labute approximate surface area is 179 Å². The summed E-state index contributed by atoms with van der Waals surface area (Å²) in [6.45, 7) is 6.52. The van der Waals surface area contributed by atoms with Gasteiger partial charge in [-0.3, -0.25) is 4.79 Å². The van der Waals surface area contributed by atoms with Crippen LogP contribution in [0.1, 0.15) is 49.2 Å². The highest BCUT2D eigenvalue weighted by Crippen LogP contribution is 2.23. The van der Waals surface area contributed by atoms with E-state index in [1.165, 1.54) is 21.4 Å². The number of thiazole rings is 1. The van der Waals surface area contributed by atoms with E-state index in [2.05, 4.69) is 55.1 Å². The van der Waals surface area contributed by atoms with Gasteiger partial charge in [0.15, 0.2) is 5.82 Å². The second-order valence-electron chi connectivity index (χ2n) is 7.91. The molecule has 0 saturated carbocycles. The van der Waals surface area contributed by atoms with E-state index in [-0.39, 0.29) is 11.5 Å². The van der Waals surface area contributed by atoms with Crippen molar-refractivity contribution in [1.82, 2.24) is 14.6 Å². The molecule has 0 N–H and O–H groups in total. The summed E-state index contributed by atoms with van der Waals surface area (Å²) in [6, 6.07) is 16.2. The van der Waals surface area contributed by atoms with Gasteiger partial charge in [-0.15, -0.1) is 5.10 Å². The summed E-state index contributed by atoms with van der Waals surface area (Å²) in [6.07, 6.45) is 2.93. The fourth-order valence-corrected chi connectivity index (χ4v) is 4.36. The molecule has 30 heavy (non-hydrogen) atoms. The first kappa shape index (κ1) is 20.3. The zero-order valence-corrected chi connectivity index (χ0v) is 18.4. The first-order chi connectivity index (χ1) is 14.4. The maximum Gasteiger partial charge on any atom is 0.291 e. The predicted molar refractivity (Wildman–Crippen MR) is 121 cm³/mol. The topological polar surface area (TPSA) is 56.5 Å². The number of hydrogen-bond donors (Lipinski definition) is 0. The molecule has 0 radical (unpaired) electrons. The van der Waals surface area contributed by atoms with Crippen molar-refractivity contribution in [2.24, 2.45) is 5.92 Å².